The highest BCUT2D eigenvalue weighted by atomic mass is 15.3. The molecule has 0 saturated carbocycles. The van der Waals surface area contributed by atoms with Crippen molar-refractivity contribution in [2.75, 3.05) is 0 Å². The second-order valence-corrected chi connectivity index (χ2v) is 6.30. The zero-order valence-electron chi connectivity index (χ0n) is 13.4. The molecule has 5 heteroatoms. The van der Waals surface area contributed by atoms with E-state index in [2.05, 4.69) is 55.0 Å². The van der Waals surface area contributed by atoms with E-state index >= 15 is 0 Å². The van der Waals surface area contributed by atoms with Gasteiger partial charge in [0.1, 0.15) is 5.69 Å². The maximum absolute atomic E-state index is 4.92. The zero-order chi connectivity index (χ0) is 16.4. The fourth-order valence-electron chi connectivity index (χ4n) is 3.87. The molecule has 0 atom stereocenters. The van der Waals surface area contributed by atoms with Crippen LogP contribution in [0.1, 0.15) is 5.56 Å². The summed E-state index contributed by atoms with van der Waals surface area (Å²) in [6, 6.07) is 18.6. The molecule has 0 aliphatic carbocycles. The topological polar surface area (TPSA) is 39.0 Å². The van der Waals surface area contributed by atoms with Crippen molar-refractivity contribution in [3.8, 4) is 17.1 Å². The van der Waals surface area contributed by atoms with Crippen LogP contribution in [0.4, 0.5) is 0 Å². The summed E-state index contributed by atoms with van der Waals surface area (Å²) in [6.07, 6.45) is 5.90. The Balaban J connectivity index is 1.83. The zero-order valence-corrected chi connectivity index (χ0v) is 13.4. The summed E-state index contributed by atoms with van der Waals surface area (Å²) in [5.74, 6) is 1.17. The molecule has 0 saturated heterocycles. The number of fused-ring (bicyclic) bond motifs is 7. The molecule has 0 fully saturated rings. The van der Waals surface area contributed by atoms with Crippen LogP contribution in [0.5, 0.6) is 0 Å². The molecule has 25 heavy (non-hydrogen) atoms. The average molecular weight is 324 g/mol. The summed E-state index contributed by atoms with van der Waals surface area (Å²) in [5, 5.41) is 0. The summed E-state index contributed by atoms with van der Waals surface area (Å²) in [5.41, 5.74) is 6.65. The van der Waals surface area contributed by atoms with Crippen LogP contribution in [0.3, 0.4) is 0 Å². The van der Waals surface area contributed by atoms with Crippen molar-refractivity contribution in [2.24, 2.45) is 0 Å². The fourth-order valence-corrected chi connectivity index (χ4v) is 3.87. The molecule has 5 aromatic rings. The van der Waals surface area contributed by atoms with Crippen molar-refractivity contribution in [3.63, 3.8) is 0 Å². The van der Waals surface area contributed by atoms with E-state index in [-0.39, 0.29) is 0 Å². The normalized spacial score (nSPS) is 12.6. The van der Waals surface area contributed by atoms with Gasteiger partial charge in [-0.1, -0.05) is 24.3 Å². The fraction of sp³-hybridized carbons (Fsp3) is 0.0500. The van der Waals surface area contributed by atoms with E-state index in [1.54, 1.807) is 0 Å². The van der Waals surface area contributed by atoms with E-state index in [9.17, 15) is 0 Å². The summed E-state index contributed by atoms with van der Waals surface area (Å²) in [4.78, 5) is 9.22. The van der Waals surface area contributed by atoms with E-state index in [4.69, 9.17) is 4.98 Å². The number of hydrogen-bond acceptors (Lipinski definition) is 2. The van der Waals surface area contributed by atoms with E-state index in [1.165, 1.54) is 17.0 Å². The first kappa shape index (κ1) is 12.9. The van der Waals surface area contributed by atoms with E-state index < -0.39 is 0 Å². The maximum Gasteiger partial charge on any atom is 0.295 e. The minimum Gasteiger partial charge on any atom is -0.264 e. The van der Waals surface area contributed by atoms with Gasteiger partial charge in [0, 0.05) is 18.0 Å². The Labute approximate surface area is 143 Å². The first-order valence-electron chi connectivity index (χ1n) is 8.32. The predicted molar refractivity (Wildman–Crippen MR) is 94.6 cm³/mol. The molecule has 1 aliphatic rings. The van der Waals surface area contributed by atoms with Crippen LogP contribution >= 0.6 is 0 Å². The van der Waals surface area contributed by atoms with Gasteiger partial charge in [0.25, 0.3) is 11.3 Å². The van der Waals surface area contributed by atoms with Gasteiger partial charge < -0.3 is 0 Å². The average Bonchev–Trinajstić information content (AvgIpc) is 3.29. The highest BCUT2D eigenvalue weighted by Gasteiger charge is 2.36. The molecule has 6 rings (SSSR count). The first-order chi connectivity index (χ1) is 12.4. The number of para-hydroxylation sites is 1. The van der Waals surface area contributed by atoms with Gasteiger partial charge in [-0.15, -0.1) is 0 Å². The van der Waals surface area contributed by atoms with Crippen LogP contribution in [0.15, 0.2) is 73.2 Å². The SMILES string of the molecule is c1ccc(-n2c3[n+](c4c2nc2ccccn24)Cc2cnccc2-3)cc1. The Bertz CT molecular complexity index is 1260. The number of nitrogens with zero attached hydrogens (tertiary/aromatic N) is 5. The van der Waals surface area contributed by atoms with Crippen molar-refractivity contribution < 1.29 is 4.57 Å². The number of benzene rings is 1. The molecule has 0 unspecified atom stereocenters. The van der Waals surface area contributed by atoms with E-state index in [0.717, 1.165) is 29.2 Å². The van der Waals surface area contributed by atoms with Gasteiger partial charge in [-0.05, 0) is 30.3 Å². The maximum atomic E-state index is 4.92. The molecule has 0 bridgehead atoms. The number of hydrogen-bond donors (Lipinski definition) is 0. The van der Waals surface area contributed by atoms with Crippen LogP contribution in [0.25, 0.3) is 34.0 Å². The Kier molecular flexibility index (Phi) is 2.34. The van der Waals surface area contributed by atoms with Crippen molar-refractivity contribution in [1.29, 1.82) is 0 Å². The Hall–Kier alpha value is -3.47. The minimum atomic E-state index is 0.817. The highest BCUT2D eigenvalue weighted by Crippen LogP contribution is 2.33. The van der Waals surface area contributed by atoms with Crippen molar-refractivity contribution in [3.05, 3.63) is 78.8 Å². The van der Waals surface area contributed by atoms with Crippen molar-refractivity contribution in [2.45, 2.75) is 6.54 Å². The third kappa shape index (κ3) is 1.59. The number of imidazole rings is 2. The monoisotopic (exact) mass is 324 g/mol. The highest BCUT2D eigenvalue weighted by molar-refractivity contribution is 5.79. The van der Waals surface area contributed by atoms with Crippen LogP contribution in [-0.4, -0.2) is 18.9 Å². The minimum absolute atomic E-state index is 0.817. The molecular formula is C20H14N5+. The van der Waals surface area contributed by atoms with Gasteiger partial charge in [0.05, 0.1) is 18.3 Å². The molecule has 5 nitrogen and oxygen atoms in total. The molecule has 4 aromatic heterocycles. The van der Waals surface area contributed by atoms with Crippen LogP contribution in [0, 0.1) is 0 Å². The summed E-state index contributed by atoms with van der Waals surface area (Å²) >= 11 is 0. The van der Waals surface area contributed by atoms with Crippen molar-refractivity contribution >= 4 is 16.9 Å². The Morgan fingerprint density at radius 2 is 1.84 bits per heavy atom. The molecule has 1 aromatic carbocycles. The lowest BCUT2D eigenvalue weighted by atomic mass is 10.1. The van der Waals surface area contributed by atoms with Gasteiger partial charge in [0.15, 0.2) is 5.65 Å². The number of pyridine rings is 2. The number of rotatable bonds is 1. The molecule has 1 aliphatic heterocycles. The van der Waals surface area contributed by atoms with Gasteiger partial charge in [0.2, 0.25) is 5.82 Å². The van der Waals surface area contributed by atoms with Crippen LogP contribution in [-0.2, 0) is 6.54 Å². The second-order valence-electron chi connectivity index (χ2n) is 6.30. The van der Waals surface area contributed by atoms with Gasteiger partial charge in [-0.2, -0.15) is 4.98 Å². The Morgan fingerprint density at radius 1 is 0.960 bits per heavy atom. The van der Waals surface area contributed by atoms with Gasteiger partial charge in [-0.3, -0.25) is 4.98 Å². The van der Waals surface area contributed by atoms with Gasteiger partial charge in [-0.25, -0.2) is 13.5 Å². The summed E-state index contributed by atoms with van der Waals surface area (Å²) < 4.78 is 6.76. The second kappa shape index (κ2) is 4.54. The largest absolute Gasteiger partial charge is 0.295 e. The van der Waals surface area contributed by atoms with Crippen molar-refractivity contribution in [1.82, 2.24) is 18.9 Å². The molecule has 0 radical (unpaired) electrons. The smallest absolute Gasteiger partial charge is 0.264 e. The van der Waals surface area contributed by atoms with E-state index in [0.29, 0.717) is 0 Å². The van der Waals surface area contributed by atoms with Crippen LogP contribution in [0.2, 0.25) is 0 Å². The van der Waals surface area contributed by atoms with Gasteiger partial charge >= 0.3 is 0 Å². The lowest BCUT2D eigenvalue weighted by Crippen LogP contribution is -2.32. The summed E-state index contributed by atoms with van der Waals surface area (Å²) in [7, 11) is 0. The lowest BCUT2D eigenvalue weighted by Gasteiger charge is -2.02. The Morgan fingerprint density at radius 3 is 2.76 bits per heavy atom. The number of aromatic nitrogens is 5. The first-order valence-corrected chi connectivity index (χ1v) is 8.32. The van der Waals surface area contributed by atoms with Crippen LogP contribution < -0.4 is 4.57 Å². The lowest BCUT2D eigenvalue weighted by molar-refractivity contribution is -0.648. The quantitative estimate of drug-likeness (QED) is 0.436. The standard InChI is InChI=1S/C20H14N5/c1-2-6-15(7-3-1)25-18-20(23-11-5-4-8-17(23)22-18)24-13-14-12-21-10-9-16(14)19(24)25/h1-12H,13H2/q+1. The molecule has 0 N–H and O–H groups in total. The third-order valence-corrected chi connectivity index (χ3v) is 4.91. The molecule has 118 valence electrons. The molecule has 5 heterocycles. The molecular weight excluding hydrogens is 310 g/mol. The molecule has 0 amide bonds. The van der Waals surface area contributed by atoms with E-state index in [1.807, 2.05) is 36.7 Å². The summed E-state index contributed by atoms with van der Waals surface area (Å²) in [6.45, 7) is 0.817. The molecule has 0 spiro atoms. The third-order valence-electron chi connectivity index (χ3n) is 4.91. The predicted octanol–water partition coefficient (Wildman–Crippen LogP) is 2.99.